The van der Waals surface area contributed by atoms with Gasteiger partial charge in [0.2, 0.25) is 0 Å². The minimum absolute atomic E-state index is 0.197. The highest BCUT2D eigenvalue weighted by Gasteiger charge is 2.33. The second-order valence-corrected chi connectivity index (χ2v) is 6.53. The van der Waals surface area contributed by atoms with E-state index in [9.17, 15) is 18.1 Å². The van der Waals surface area contributed by atoms with Crippen molar-refractivity contribution in [2.75, 3.05) is 14.2 Å². The molecule has 0 spiro atoms. The molecule has 0 radical (unpaired) electrons. The van der Waals surface area contributed by atoms with Gasteiger partial charge in [-0.3, -0.25) is 4.55 Å². The number of benzene rings is 1. The lowest BCUT2D eigenvalue weighted by molar-refractivity contribution is 0.341. The second-order valence-electron chi connectivity index (χ2n) is 5.17. The van der Waals surface area contributed by atoms with E-state index in [2.05, 4.69) is 0 Å². The first-order chi connectivity index (χ1) is 10.2. The molecule has 0 aliphatic heterocycles. The molecule has 1 aromatic rings. The van der Waals surface area contributed by atoms with Gasteiger partial charge in [0.15, 0.2) is 11.5 Å². The molecule has 0 saturated carbocycles. The molecule has 1 atom stereocenters. The van der Waals surface area contributed by atoms with Crippen LogP contribution in [0.2, 0.25) is 0 Å². The Morgan fingerprint density at radius 1 is 1.14 bits per heavy atom. The molecule has 22 heavy (non-hydrogen) atoms. The van der Waals surface area contributed by atoms with Crippen molar-refractivity contribution in [3.63, 3.8) is 0 Å². The largest absolute Gasteiger partial charge is 0.504 e. The molecular weight excluding hydrogens is 308 g/mol. The molecule has 0 amide bonds. The lowest BCUT2D eigenvalue weighted by atomic mass is 9.92. The number of hydrogen-bond donors (Lipinski definition) is 2. The van der Waals surface area contributed by atoms with Crippen LogP contribution in [-0.2, 0) is 16.5 Å². The molecule has 0 aliphatic carbocycles. The Kier molecular flexibility index (Phi) is 6.08. The molecule has 7 heteroatoms. The Balaban J connectivity index is 4.01. The molecule has 0 aliphatic rings. The number of hydrogen-bond acceptors (Lipinski definition) is 5. The van der Waals surface area contributed by atoms with Crippen LogP contribution in [-0.4, -0.2) is 32.3 Å². The van der Waals surface area contributed by atoms with Crippen molar-refractivity contribution >= 4 is 10.1 Å². The van der Waals surface area contributed by atoms with E-state index < -0.39 is 15.0 Å². The van der Waals surface area contributed by atoms with Crippen LogP contribution in [0, 0.1) is 0 Å². The van der Waals surface area contributed by atoms with Crippen molar-refractivity contribution in [3.05, 3.63) is 11.1 Å². The van der Waals surface area contributed by atoms with Gasteiger partial charge in [-0.2, -0.15) is 8.42 Å². The Bertz CT molecular complexity index is 636. The highest BCUT2D eigenvalue weighted by Crippen LogP contribution is 2.49. The highest BCUT2D eigenvalue weighted by atomic mass is 32.2. The number of ether oxygens (including phenoxy) is 2. The molecule has 1 unspecified atom stereocenters. The zero-order chi connectivity index (χ0) is 17.1. The van der Waals surface area contributed by atoms with Gasteiger partial charge >= 0.3 is 0 Å². The number of aromatic hydroxyl groups is 1. The van der Waals surface area contributed by atoms with E-state index in [1.54, 1.807) is 0 Å². The van der Waals surface area contributed by atoms with Gasteiger partial charge in [-0.25, -0.2) is 0 Å². The fourth-order valence-electron chi connectivity index (χ4n) is 2.55. The fraction of sp³-hybridized carbons (Fsp3) is 0.600. The van der Waals surface area contributed by atoms with Gasteiger partial charge < -0.3 is 14.6 Å². The van der Waals surface area contributed by atoms with Crippen molar-refractivity contribution in [1.29, 1.82) is 0 Å². The average Bonchev–Trinajstić information content (AvgIpc) is 2.46. The molecule has 2 N–H and O–H groups in total. The van der Waals surface area contributed by atoms with E-state index in [-0.39, 0.29) is 17.4 Å². The molecule has 1 aromatic carbocycles. The van der Waals surface area contributed by atoms with E-state index in [0.29, 0.717) is 29.7 Å². The average molecular weight is 332 g/mol. The summed E-state index contributed by atoms with van der Waals surface area (Å²) in [6.07, 6.45) is 1.87. The first-order valence-electron chi connectivity index (χ1n) is 7.21. The maximum Gasteiger partial charge on any atom is 0.298 e. The number of rotatable bonds is 7. The zero-order valence-electron chi connectivity index (χ0n) is 13.6. The SMILES string of the molecule is CCCc1c(O)c(OC)c(S(=O)(=O)O)c(C(C)CC)c1OC. The van der Waals surface area contributed by atoms with Gasteiger partial charge in [0.1, 0.15) is 10.6 Å². The maximum atomic E-state index is 11.9. The van der Waals surface area contributed by atoms with Crippen molar-refractivity contribution in [3.8, 4) is 17.2 Å². The van der Waals surface area contributed by atoms with Crippen LogP contribution in [0.1, 0.15) is 50.7 Å². The van der Waals surface area contributed by atoms with Crippen molar-refractivity contribution in [2.24, 2.45) is 0 Å². The standard InChI is InChI=1S/C15H24O6S/c1-6-8-10-12(16)14(21-5)15(22(17,18)19)11(9(3)7-2)13(10)20-4/h9,16H,6-8H2,1-5H3,(H,17,18,19). The van der Waals surface area contributed by atoms with E-state index in [4.69, 9.17) is 9.47 Å². The Morgan fingerprint density at radius 2 is 1.68 bits per heavy atom. The van der Waals surface area contributed by atoms with E-state index in [1.165, 1.54) is 14.2 Å². The van der Waals surface area contributed by atoms with E-state index in [1.807, 2.05) is 20.8 Å². The quantitative estimate of drug-likeness (QED) is 0.745. The van der Waals surface area contributed by atoms with Gasteiger partial charge in [-0.1, -0.05) is 27.2 Å². The molecule has 6 nitrogen and oxygen atoms in total. The van der Waals surface area contributed by atoms with Crippen LogP contribution < -0.4 is 9.47 Å². The van der Waals surface area contributed by atoms with Crippen LogP contribution in [0.3, 0.4) is 0 Å². The summed E-state index contributed by atoms with van der Waals surface area (Å²) in [5.74, 6) is -0.443. The summed E-state index contributed by atoms with van der Waals surface area (Å²) in [5, 5.41) is 10.4. The molecule has 0 fully saturated rings. The monoisotopic (exact) mass is 332 g/mol. The lowest BCUT2D eigenvalue weighted by Crippen LogP contribution is -2.12. The second kappa shape index (κ2) is 7.19. The predicted molar refractivity (Wildman–Crippen MR) is 83.7 cm³/mol. The van der Waals surface area contributed by atoms with Crippen LogP contribution in [0.25, 0.3) is 0 Å². The van der Waals surface area contributed by atoms with E-state index in [0.717, 1.165) is 6.42 Å². The summed E-state index contributed by atoms with van der Waals surface area (Å²) >= 11 is 0. The van der Waals surface area contributed by atoms with Crippen molar-refractivity contribution < 1.29 is 27.6 Å². The Labute approximate surface area is 131 Å². The van der Waals surface area contributed by atoms with Crippen molar-refractivity contribution in [2.45, 2.75) is 50.8 Å². The number of phenolic OH excluding ortho intramolecular Hbond substituents is 1. The topological polar surface area (TPSA) is 93.1 Å². The molecule has 1 rings (SSSR count). The molecule has 0 heterocycles. The van der Waals surface area contributed by atoms with Crippen LogP contribution in [0.5, 0.6) is 17.2 Å². The third-order valence-corrected chi connectivity index (χ3v) is 4.66. The minimum atomic E-state index is -4.58. The maximum absolute atomic E-state index is 11.9. The van der Waals surface area contributed by atoms with Gasteiger partial charge in [-0.05, 0) is 18.8 Å². The van der Waals surface area contributed by atoms with Crippen LogP contribution in [0.15, 0.2) is 4.90 Å². The van der Waals surface area contributed by atoms with Gasteiger partial charge in [0, 0.05) is 11.1 Å². The van der Waals surface area contributed by atoms with Gasteiger partial charge in [-0.15, -0.1) is 0 Å². The molecule has 126 valence electrons. The van der Waals surface area contributed by atoms with Gasteiger partial charge in [0.05, 0.1) is 14.2 Å². The molecule has 0 bridgehead atoms. The third-order valence-electron chi connectivity index (χ3n) is 3.74. The van der Waals surface area contributed by atoms with Crippen molar-refractivity contribution in [1.82, 2.24) is 0 Å². The Morgan fingerprint density at radius 3 is 2.05 bits per heavy atom. The molecule has 0 saturated heterocycles. The zero-order valence-corrected chi connectivity index (χ0v) is 14.5. The smallest absolute Gasteiger partial charge is 0.298 e. The number of methoxy groups -OCH3 is 2. The lowest BCUT2D eigenvalue weighted by Gasteiger charge is -2.23. The Hall–Kier alpha value is -1.47. The third kappa shape index (κ3) is 3.30. The first kappa shape index (κ1) is 18.6. The van der Waals surface area contributed by atoms with Crippen LogP contribution in [0.4, 0.5) is 0 Å². The summed E-state index contributed by atoms with van der Waals surface area (Å²) in [6, 6.07) is 0. The summed E-state index contributed by atoms with van der Waals surface area (Å²) in [6.45, 7) is 5.67. The van der Waals surface area contributed by atoms with Gasteiger partial charge in [0.25, 0.3) is 10.1 Å². The highest BCUT2D eigenvalue weighted by molar-refractivity contribution is 7.86. The summed E-state index contributed by atoms with van der Waals surface area (Å²) < 4.78 is 43.8. The molecular formula is C15H24O6S. The summed E-state index contributed by atoms with van der Waals surface area (Å²) in [5.41, 5.74) is 0.829. The minimum Gasteiger partial charge on any atom is -0.504 e. The number of phenols is 1. The van der Waals surface area contributed by atoms with Crippen LogP contribution >= 0.6 is 0 Å². The first-order valence-corrected chi connectivity index (χ1v) is 8.65. The summed E-state index contributed by atoms with van der Waals surface area (Å²) in [7, 11) is -1.91. The fourth-order valence-corrected chi connectivity index (χ4v) is 3.54. The molecule has 0 aromatic heterocycles. The van der Waals surface area contributed by atoms with E-state index >= 15 is 0 Å². The normalized spacial score (nSPS) is 13.0. The predicted octanol–water partition coefficient (Wildman–Crippen LogP) is 3.12. The summed E-state index contributed by atoms with van der Waals surface area (Å²) in [4.78, 5) is -0.418.